The zero-order valence-electron chi connectivity index (χ0n) is 12.6. The van der Waals surface area contributed by atoms with Gasteiger partial charge in [-0.05, 0) is 29.9 Å². The number of aliphatic hydroxyl groups excluding tert-OH is 1. The van der Waals surface area contributed by atoms with Gasteiger partial charge in [0.05, 0.1) is 12.1 Å². The Balaban J connectivity index is 2.31. The first-order chi connectivity index (χ1) is 9.39. The van der Waals surface area contributed by atoms with Gasteiger partial charge in [0, 0.05) is 0 Å². The molecule has 1 aromatic heterocycles. The molecule has 0 saturated heterocycles. The number of rotatable bonds is 4. The van der Waals surface area contributed by atoms with Crippen LogP contribution in [0.15, 0.2) is 36.9 Å². The Labute approximate surface area is 120 Å². The first-order valence-corrected chi connectivity index (χ1v) is 6.96. The van der Waals surface area contributed by atoms with Crippen molar-refractivity contribution in [3.8, 4) is 0 Å². The second-order valence-electron chi connectivity index (χ2n) is 6.38. The van der Waals surface area contributed by atoms with E-state index in [9.17, 15) is 5.11 Å². The van der Waals surface area contributed by atoms with E-state index in [1.54, 1.807) is 11.0 Å². The summed E-state index contributed by atoms with van der Waals surface area (Å²) >= 11 is 0. The maximum Gasteiger partial charge on any atom is 0.137 e. The van der Waals surface area contributed by atoms with E-state index < -0.39 is 6.10 Å². The first-order valence-electron chi connectivity index (χ1n) is 6.96. The van der Waals surface area contributed by atoms with Gasteiger partial charge in [-0.1, -0.05) is 45.0 Å². The van der Waals surface area contributed by atoms with Crippen LogP contribution in [-0.4, -0.2) is 26.0 Å². The van der Waals surface area contributed by atoms with Gasteiger partial charge in [-0.15, -0.1) is 0 Å². The molecule has 0 amide bonds. The van der Waals surface area contributed by atoms with Crippen molar-refractivity contribution in [2.45, 2.75) is 46.3 Å². The van der Waals surface area contributed by atoms with Crippen LogP contribution in [0.25, 0.3) is 0 Å². The van der Waals surface area contributed by atoms with Gasteiger partial charge in [0.25, 0.3) is 0 Å². The van der Waals surface area contributed by atoms with Gasteiger partial charge in [0.2, 0.25) is 0 Å². The summed E-state index contributed by atoms with van der Waals surface area (Å²) in [5.41, 5.74) is 2.26. The van der Waals surface area contributed by atoms with Crippen molar-refractivity contribution in [2.75, 3.05) is 0 Å². The molecule has 2 unspecified atom stereocenters. The van der Waals surface area contributed by atoms with Crippen LogP contribution in [0.2, 0.25) is 0 Å². The minimum Gasteiger partial charge on any atom is -0.390 e. The fourth-order valence-electron chi connectivity index (χ4n) is 2.38. The van der Waals surface area contributed by atoms with Crippen LogP contribution in [0.5, 0.6) is 0 Å². The summed E-state index contributed by atoms with van der Waals surface area (Å²) in [6.45, 7) is 8.22. The van der Waals surface area contributed by atoms with E-state index in [0.29, 0.717) is 0 Å². The van der Waals surface area contributed by atoms with Gasteiger partial charge in [-0.3, -0.25) is 0 Å². The van der Waals surface area contributed by atoms with Crippen LogP contribution in [-0.2, 0) is 6.42 Å². The van der Waals surface area contributed by atoms with Gasteiger partial charge in [-0.2, -0.15) is 5.10 Å². The minimum atomic E-state index is -0.496. The maximum atomic E-state index is 10.7. The molecule has 0 aliphatic heterocycles. The van der Waals surface area contributed by atoms with Crippen LogP contribution < -0.4 is 0 Å². The van der Waals surface area contributed by atoms with E-state index in [2.05, 4.69) is 29.1 Å². The summed E-state index contributed by atoms with van der Waals surface area (Å²) in [5.74, 6) is 0. The molecule has 2 aromatic rings. The van der Waals surface area contributed by atoms with Gasteiger partial charge in [0.1, 0.15) is 12.7 Å². The smallest absolute Gasteiger partial charge is 0.137 e. The number of aryl methyl sites for hydroxylation is 1. The monoisotopic (exact) mass is 273 g/mol. The van der Waals surface area contributed by atoms with Crippen molar-refractivity contribution in [1.82, 2.24) is 14.8 Å². The summed E-state index contributed by atoms with van der Waals surface area (Å²) in [7, 11) is 0. The predicted molar refractivity (Wildman–Crippen MR) is 79.4 cm³/mol. The summed E-state index contributed by atoms with van der Waals surface area (Å²) < 4.78 is 1.77. The van der Waals surface area contributed by atoms with Gasteiger partial charge in [0.15, 0.2) is 0 Å². The van der Waals surface area contributed by atoms with E-state index in [1.165, 1.54) is 17.5 Å². The van der Waals surface area contributed by atoms with Crippen LogP contribution in [0, 0.1) is 12.3 Å². The van der Waals surface area contributed by atoms with Crippen LogP contribution in [0.1, 0.15) is 37.9 Å². The SMILES string of the molecule is Cc1ccccc1CC(C(O)C(C)(C)C)n1cncn1. The lowest BCUT2D eigenvalue weighted by atomic mass is 9.82. The fraction of sp³-hybridized carbons (Fsp3) is 0.500. The van der Waals surface area contributed by atoms with E-state index >= 15 is 0 Å². The molecule has 0 aliphatic carbocycles. The molecular weight excluding hydrogens is 250 g/mol. The minimum absolute atomic E-state index is 0.112. The highest BCUT2D eigenvalue weighted by Gasteiger charge is 2.32. The lowest BCUT2D eigenvalue weighted by Gasteiger charge is -2.33. The Bertz CT molecular complexity index is 543. The largest absolute Gasteiger partial charge is 0.390 e. The normalized spacial score (nSPS) is 15.1. The molecule has 2 atom stereocenters. The summed E-state index contributed by atoms with van der Waals surface area (Å²) in [6.07, 6.45) is 3.44. The third kappa shape index (κ3) is 3.25. The standard InChI is InChI=1S/C16H23N3O/c1-12-7-5-6-8-13(12)9-14(15(20)16(2,3)4)19-11-17-10-18-19/h5-8,10-11,14-15,20H,9H2,1-4H3. The average molecular weight is 273 g/mol. The van der Waals surface area contributed by atoms with Crippen molar-refractivity contribution in [2.24, 2.45) is 5.41 Å². The highest BCUT2D eigenvalue weighted by atomic mass is 16.3. The van der Waals surface area contributed by atoms with Crippen LogP contribution >= 0.6 is 0 Å². The van der Waals surface area contributed by atoms with Gasteiger partial charge < -0.3 is 5.11 Å². The zero-order valence-corrected chi connectivity index (χ0v) is 12.6. The van der Waals surface area contributed by atoms with E-state index in [4.69, 9.17) is 0 Å². The van der Waals surface area contributed by atoms with Crippen molar-refractivity contribution in [1.29, 1.82) is 0 Å². The van der Waals surface area contributed by atoms with Crippen LogP contribution in [0.3, 0.4) is 0 Å². The number of hydrogen-bond acceptors (Lipinski definition) is 3. The Morgan fingerprint density at radius 1 is 1.25 bits per heavy atom. The molecule has 2 rings (SSSR count). The molecule has 1 aromatic carbocycles. The highest BCUT2D eigenvalue weighted by molar-refractivity contribution is 5.26. The second-order valence-corrected chi connectivity index (χ2v) is 6.38. The average Bonchev–Trinajstić information content (AvgIpc) is 2.89. The van der Waals surface area contributed by atoms with Crippen LogP contribution in [0.4, 0.5) is 0 Å². The van der Waals surface area contributed by atoms with Gasteiger partial charge in [-0.25, -0.2) is 9.67 Å². The van der Waals surface area contributed by atoms with Crippen molar-refractivity contribution in [3.05, 3.63) is 48.0 Å². The molecule has 20 heavy (non-hydrogen) atoms. The number of hydrogen-bond donors (Lipinski definition) is 1. The lowest BCUT2D eigenvalue weighted by Crippen LogP contribution is -2.37. The Morgan fingerprint density at radius 2 is 1.95 bits per heavy atom. The van der Waals surface area contributed by atoms with Crippen molar-refractivity contribution >= 4 is 0 Å². The molecule has 0 radical (unpaired) electrons. The quantitative estimate of drug-likeness (QED) is 0.932. The molecule has 0 fully saturated rings. The zero-order chi connectivity index (χ0) is 14.8. The molecular formula is C16H23N3O. The summed E-state index contributed by atoms with van der Waals surface area (Å²) in [6, 6.07) is 8.15. The highest BCUT2D eigenvalue weighted by Crippen LogP contribution is 2.30. The van der Waals surface area contributed by atoms with E-state index in [0.717, 1.165) is 6.42 Å². The fourth-order valence-corrected chi connectivity index (χ4v) is 2.38. The molecule has 0 bridgehead atoms. The Morgan fingerprint density at radius 3 is 2.50 bits per heavy atom. The molecule has 1 heterocycles. The lowest BCUT2D eigenvalue weighted by molar-refractivity contribution is 0.0124. The number of nitrogens with zero attached hydrogens (tertiary/aromatic N) is 3. The number of aromatic nitrogens is 3. The predicted octanol–water partition coefficient (Wildman–Crippen LogP) is 2.78. The molecule has 1 N–H and O–H groups in total. The van der Waals surface area contributed by atoms with E-state index in [1.807, 2.05) is 32.9 Å². The number of aliphatic hydroxyl groups is 1. The molecule has 4 nitrogen and oxygen atoms in total. The molecule has 0 aliphatic rings. The first kappa shape index (κ1) is 14.7. The second kappa shape index (κ2) is 5.75. The number of benzene rings is 1. The summed E-state index contributed by atoms with van der Waals surface area (Å²) in [4.78, 5) is 4.01. The Kier molecular flexibility index (Phi) is 4.23. The maximum absolute atomic E-state index is 10.7. The molecule has 4 heteroatoms. The van der Waals surface area contributed by atoms with Gasteiger partial charge >= 0.3 is 0 Å². The summed E-state index contributed by atoms with van der Waals surface area (Å²) in [5, 5.41) is 14.9. The third-order valence-electron chi connectivity index (χ3n) is 3.72. The topological polar surface area (TPSA) is 50.9 Å². The molecule has 0 saturated carbocycles. The molecule has 0 spiro atoms. The Hall–Kier alpha value is -1.68. The third-order valence-corrected chi connectivity index (χ3v) is 3.72. The van der Waals surface area contributed by atoms with E-state index in [-0.39, 0.29) is 11.5 Å². The van der Waals surface area contributed by atoms with Crippen molar-refractivity contribution in [3.63, 3.8) is 0 Å². The van der Waals surface area contributed by atoms with Crippen molar-refractivity contribution < 1.29 is 5.11 Å². The molecule has 108 valence electrons.